The molecule has 0 saturated heterocycles. The van der Waals surface area contributed by atoms with Crippen molar-refractivity contribution >= 4 is 34.2 Å². The molecule has 0 atom stereocenters. The van der Waals surface area contributed by atoms with E-state index in [9.17, 15) is 19.6 Å². The van der Waals surface area contributed by atoms with E-state index in [-0.39, 0.29) is 12.2 Å². The Labute approximate surface area is 153 Å². The van der Waals surface area contributed by atoms with Gasteiger partial charge in [-0.3, -0.25) is 4.79 Å². The molecule has 0 radical (unpaired) electrons. The van der Waals surface area contributed by atoms with Crippen LogP contribution in [0, 0.1) is 19.1 Å². The van der Waals surface area contributed by atoms with Crippen LogP contribution in [0.4, 0.5) is 5.00 Å². The number of anilines is 1. The Bertz CT molecular complexity index is 846. The Balaban J connectivity index is 2.03. The lowest BCUT2D eigenvalue weighted by Gasteiger charge is -2.08. The van der Waals surface area contributed by atoms with Crippen LogP contribution in [-0.2, 0) is 14.3 Å². The normalized spacial score (nSPS) is 10.3. The molecule has 2 rings (SSSR count). The van der Waals surface area contributed by atoms with Gasteiger partial charge < -0.3 is 20.0 Å². The summed E-state index contributed by atoms with van der Waals surface area (Å²) in [7, 11) is 0. The number of rotatable bonds is 6. The number of aromatic nitrogens is 1. The zero-order valence-electron chi connectivity index (χ0n) is 14.5. The summed E-state index contributed by atoms with van der Waals surface area (Å²) in [5.41, 5.74) is 1.06. The van der Waals surface area contributed by atoms with Crippen LogP contribution < -0.4 is 10.0 Å². The Morgan fingerprint density at radius 3 is 2.62 bits per heavy atom. The molecular weight excluding hydrogens is 360 g/mol. The second kappa shape index (κ2) is 8.43. The van der Waals surface area contributed by atoms with E-state index in [4.69, 9.17) is 9.47 Å². The van der Waals surface area contributed by atoms with Crippen molar-refractivity contribution in [3.63, 3.8) is 0 Å². The summed E-state index contributed by atoms with van der Waals surface area (Å²) in [5, 5.41) is 14.1. The lowest BCUT2D eigenvalue weighted by molar-refractivity contribution is -0.605. The molecule has 0 unspecified atom stereocenters. The molecule has 0 aliphatic heterocycles. The largest absolute Gasteiger partial charge is 0.619 e. The molecule has 8 nitrogen and oxygen atoms in total. The van der Waals surface area contributed by atoms with Gasteiger partial charge in [-0.2, -0.15) is 4.73 Å². The summed E-state index contributed by atoms with van der Waals surface area (Å²) in [6, 6.07) is 2.80. The van der Waals surface area contributed by atoms with Gasteiger partial charge in [-0.1, -0.05) is 0 Å². The third-order valence-corrected chi connectivity index (χ3v) is 4.59. The Hall–Kier alpha value is -2.94. The number of pyridine rings is 1. The summed E-state index contributed by atoms with van der Waals surface area (Å²) >= 11 is 1.24. The van der Waals surface area contributed by atoms with Gasteiger partial charge in [0.05, 0.1) is 12.2 Å². The zero-order valence-corrected chi connectivity index (χ0v) is 15.3. The van der Waals surface area contributed by atoms with Crippen LogP contribution in [0.3, 0.4) is 0 Å². The van der Waals surface area contributed by atoms with Crippen molar-refractivity contribution < 1.29 is 28.6 Å². The first-order valence-corrected chi connectivity index (χ1v) is 8.58. The van der Waals surface area contributed by atoms with Crippen LogP contribution in [-0.4, -0.2) is 31.1 Å². The van der Waals surface area contributed by atoms with Gasteiger partial charge in [0.15, 0.2) is 19.0 Å². The quantitative estimate of drug-likeness (QED) is 0.468. The molecular formula is C17H18N2O6S. The molecule has 0 aromatic carbocycles. The fourth-order valence-electron chi connectivity index (χ4n) is 2.12. The van der Waals surface area contributed by atoms with Crippen molar-refractivity contribution in [2.24, 2.45) is 0 Å². The maximum atomic E-state index is 12.1. The van der Waals surface area contributed by atoms with Crippen molar-refractivity contribution in [1.82, 2.24) is 0 Å². The maximum absolute atomic E-state index is 12.1. The van der Waals surface area contributed by atoms with Gasteiger partial charge in [0.25, 0.3) is 5.91 Å². The van der Waals surface area contributed by atoms with Gasteiger partial charge in [-0.05, 0) is 32.4 Å². The molecule has 2 aromatic rings. The first-order valence-electron chi connectivity index (χ1n) is 7.76. The molecule has 138 valence electrons. The maximum Gasteiger partial charge on any atom is 0.344 e. The van der Waals surface area contributed by atoms with Gasteiger partial charge in [0, 0.05) is 10.9 Å². The number of nitrogens with one attached hydrogen (secondary N) is 1. The van der Waals surface area contributed by atoms with Crippen molar-refractivity contribution in [2.45, 2.75) is 20.8 Å². The minimum atomic E-state index is -0.797. The SMILES string of the molecule is CCOC(=O)c1c(NC(=O)COC(=O)c2ccc[n+]([O-])c2)sc(C)c1C. The van der Waals surface area contributed by atoms with Crippen LogP contribution in [0.1, 0.15) is 38.1 Å². The Morgan fingerprint density at radius 2 is 1.96 bits per heavy atom. The minimum Gasteiger partial charge on any atom is -0.619 e. The smallest absolute Gasteiger partial charge is 0.344 e. The number of hydrogen-bond donors (Lipinski definition) is 1. The average molecular weight is 378 g/mol. The molecule has 0 spiro atoms. The first-order chi connectivity index (χ1) is 12.3. The number of hydrogen-bond acceptors (Lipinski definition) is 7. The third-order valence-electron chi connectivity index (χ3n) is 3.46. The fourth-order valence-corrected chi connectivity index (χ4v) is 3.18. The van der Waals surface area contributed by atoms with Gasteiger partial charge in [-0.25, -0.2) is 9.59 Å². The summed E-state index contributed by atoms with van der Waals surface area (Å²) in [6.45, 7) is 4.95. The van der Waals surface area contributed by atoms with Crippen LogP contribution in [0.5, 0.6) is 0 Å². The number of carbonyl (C=O) groups excluding carboxylic acids is 3. The number of nitrogens with zero attached hydrogens (tertiary/aromatic N) is 1. The van der Waals surface area contributed by atoms with E-state index in [1.165, 1.54) is 29.7 Å². The molecule has 9 heteroatoms. The second-order valence-electron chi connectivity index (χ2n) is 5.28. The van der Waals surface area contributed by atoms with Crippen LogP contribution in [0.15, 0.2) is 24.5 Å². The standard InChI is InChI=1S/C17H18N2O6S/c1-4-24-17(22)14-10(2)11(3)26-15(14)18-13(20)9-25-16(21)12-6-5-7-19(23)8-12/h5-8H,4,9H2,1-3H3,(H,18,20). The van der Waals surface area contributed by atoms with Gasteiger partial charge >= 0.3 is 11.9 Å². The van der Waals surface area contributed by atoms with Gasteiger partial charge in [0.2, 0.25) is 0 Å². The minimum absolute atomic E-state index is 0.0327. The molecule has 1 N–H and O–H groups in total. The summed E-state index contributed by atoms with van der Waals surface area (Å²) < 4.78 is 10.4. The van der Waals surface area contributed by atoms with E-state index in [0.29, 0.717) is 15.3 Å². The molecule has 0 bridgehead atoms. The molecule has 0 saturated carbocycles. The summed E-state index contributed by atoms with van der Waals surface area (Å²) in [6.07, 6.45) is 2.27. The van der Waals surface area contributed by atoms with E-state index >= 15 is 0 Å². The number of ether oxygens (including phenoxy) is 2. The number of carbonyl (C=O) groups is 3. The molecule has 0 aliphatic carbocycles. The number of esters is 2. The molecule has 26 heavy (non-hydrogen) atoms. The monoisotopic (exact) mass is 378 g/mol. The topological polar surface area (TPSA) is 109 Å². The Kier molecular flexibility index (Phi) is 6.29. The van der Waals surface area contributed by atoms with Crippen molar-refractivity contribution in [3.05, 3.63) is 51.3 Å². The van der Waals surface area contributed by atoms with Crippen molar-refractivity contribution in [3.8, 4) is 0 Å². The highest BCUT2D eigenvalue weighted by atomic mass is 32.1. The van der Waals surface area contributed by atoms with Crippen LogP contribution in [0.25, 0.3) is 0 Å². The summed E-state index contributed by atoms with van der Waals surface area (Å²) in [5.74, 6) is -1.92. The first kappa shape index (κ1) is 19.4. The van der Waals surface area contributed by atoms with E-state index in [1.54, 1.807) is 13.8 Å². The second-order valence-corrected chi connectivity index (χ2v) is 6.51. The van der Waals surface area contributed by atoms with E-state index < -0.39 is 24.5 Å². The van der Waals surface area contributed by atoms with E-state index in [2.05, 4.69) is 5.32 Å². The molecule has 0 fully saturated rings. The van der Waals surface area contributed by atoms with Crippen LogP contribution >= 0.6 is 11.3 Å². The summed E-state index contributed by atoms with van der Waals surface area (Å²) in [4.78, 5) is 36.9. The van der Waals surface area contributed by atoms with Crippen molar-refractivity contribution in [1.29, 1.82) is 0 Å². The molecule has 2 heterocycles. The average Bonchev–Trinajstić information content (AvgIpc) is 2.86. The molecule has 2 aromatic heterocycles. The highest BCUT2D eigenvalue weighted by Gasteiger charge is 2.22. The van der Waals surface area contributed by atoms with E-state index in [0.717, 1.165) is 16.6 Å². The van der Waals surface area contributed by atoms with Crippen LogP contribution in [0.2, 0.25) is 0 Å². The lowest BCUT2D eigenvalue weighted by Crippen LogP contribution is -2.27. The highest BCUT2D eigenvalue weighted by Crippen LogP contribution is 2.33. The number of amides is 1. The molecule has 1 amide bonds. The third kappa shape index (κ3) is 4.57. The predicted octanol–water partition coefficient (Wildman–Crippen LogP) is 1.97. The fraction of sp³-hybridized carbons (Fsp3) is 0.294. The lowest BCUT2D eigenvalue weighted by atomic mass is 10.1. The Morgan fingerprint density at radius 1 is 1.23 bits per heavy atom. The predicted molar refractivity (Wildman–Crippen MR) is 94.1 cm³/mol. The van der Waals surface area contributed by atoms with Gasteiger partial charge in [0.1, 0.15) is 10.6 Å². The van der Waals surface area contributed by atoms with Crippen molar-refractivity contribution in [2.75, 3.05) is 18.5 Å². The zero-order chi connectivity index (χ0) is 19.3. The van der Waals surface area contributed by atoms with E-state index in [1.807, 2.05) is 6.92 Å². The highest BCUT2D eigenvalue weighted by molar-refractivity contribution is 7.16. The number of thiophene rings is 1. The number of aryl methyl sites for hydroxylation is 1. The van der Waals surface area contributed by atoms with Gasteiger partial charge in [-0.15, -0.1) is 11.3 Å². The molecule has 0 aliphatic rings.